The average Bonchev–Trinajstić information content (AvgIpc) is 2.14. The van der Waals surface area contributed by atoms with E-state index in [0.717, 1.165) is 19.0 Å². The van der Waals surface area contributed by atoms with E-state index < -0.39 is 0 Å². The third kappa shape index (κ3) is 6.63. The van der Waals surface area contributed by atoms with Gasteiger partial charge in [0.05, 0.1) is 0 Å². The summed E-state index contributed by atoms with van der Waals surface area (Å²) in [7, 11) is 4.25. The van der Waals surface area contributed by atoms with Crippen LogP contribution in [0.1, 0.15) is 32.1 Å². The van der Waals surface area contributed by atoms with Gasteiger partial charge in [-0.15, -0.1) is 12.4 Å². The number of hydrogen-bond acceptors (Lipinski definition) is 2. The Balaban J connectivity index is 0.00000169. The van der Waals surface area contributed by atoms with Crippen LogP contribution in [0.3, 0.4) is 0 Å². The van der Waals surface area contributed by atoms with Gasteiger partial charge in [-0.1, -0.05) is 19.3 Å². The van der Waals surface area contributed by atoms with Gasteiger partial charge in [0.25, 0.3) is 0 Å². The molecule has 0 spiro atoms. The van der Waals surface area contributed by atoms with E-state index in [1.807, 2.05) is 0 Å². The van der Waals surface area contributed by atoms with E-state index in [1.165, 1.54) is 38.6 Å². The van der Waals surface area contributed by atoms with Crippen LogP contribution in [0.15, 0.2) is 0 Å². The maximum absolute atomic E-state index is 3.54. The van der Waals surface area contributed by atoms with Gasteiger partial charge in [-0.3, -0.25) is 0 Å². The summed E-state index contributed by atoms with van der Waals surface area (Å²) in [6, 6.07) is 0. The Hall–Kier alpha value is 0.210. The van der Waals surface area contributed by atoms with Gasteiger partial charge in [-0.2, -0.15) is 0 Å². The van der Waals surface area contributed by atoms with Crippen molar-refractivity contribution in [2.24, 2.45) is 5.92 Å². The van der Waals surface area contributed by atoms with E-state index in [0.29, 0.717) is 0 Å². The quantitative estimate of drug-likeness (QED) is 0.715. The monoisotopic (exact) mass is 220 g/mol. The molecule has 1 fully saturated rings. The van der Waals surface area contributed by atoms with Crippen molar-refractivity contribution in [2.45, 2.75) is 32.1 Å². The molecule has 0 saturated heterocycles. The first-order valence-corrected chi connectivity index (χ1v) is 5.64. The SMILES string of the molecule is CN(C)CCNCC1CCCCC1.Cl. The van der Waals surface area contributed by atoms with Crippen LogP contribution < -0.4 is 5.32 Å². The first-order chi connectivity index (χ1) is 6.29. The largest absolute Gasteiger partial charge is 0.315 e. The van der Waals surface area contributed by atoms with E-state index in [9.17, 15) is 0 Å². The summed E-state index contributed by atoms with van der Waals surface area (Å²) in [5.41, 5.74) is 0. The van der Waals surface area contributed by atoms with Gasteiger partial charge in [0.1, 0.15) is 0 Å². The summed E-state index contributed by atoms with van der Waals surface area (Å²) in [4.78, 5) is 2.23. The topological polar surface area (TPSA) is 15.3 Å². The average molecular weight is 221 g/mol. The molecule has 86 valence electrons. The summed E-state index contributed by atoms with van der Waals surface area (Å²) in [6.45, 7) is 3.55. The molecular weight excluding hydrogens is 196 g/mol. The van der Waals surface area contributed by atoms with Gasteiger partial charge >= 0.3 is 0 Å². The number of nitrogens with zero attached hydrogens (tertiary/aromatic N) is 1. The van der Waals surface area contributed by atoms with E-state index in [-0.39, 0.29) is 12.4 Å². The minimum absolute atomic E-state index is 0. The molecule has 0 bridgehead atoms. The standard InChI is InChI=1S/C11H24N2.ClH/c1-13(2)9-8-12-10-11-6-4-3-5-7-11;/h11-12H,3-10H2,1-2H3;1H. The summed E-state index contributed by atoms with van der Waals surface area (Å²) in [5, 5.41) is 3.54. The van der Waals surface area contributed by atoms with Crippen LogP contribution in [0.2, 0.25) is 0 Å². The molecule has 1 saturated carbocycles. The number of hydrogen-bond donors (Lipinski definition) is 1. The Labute approximate surface area is 94.8 Å². The minimum atomic E-state index is 0. The lowest BCUT2D eigenvalue weighted by atomic mass is 9.89. The van der Waals surface area contributed by atoms with E-state index in [4.69, 9.17) is 0 Å². The molecule has 0 amide bonds. The highest BCUT2D eigenvalue weighted by Crippen LogP contribution is 2.22. The highest BCUT2D eigenvalue weighted by molar-refractivity contribution is 5.85. The summed E-state index contributed by atoms with van der Waals surface area (Å²) >= 11 is 0. The van der Waals surface area contributed by atoms with Crippen LogP contribution >= 0.6 is 12.4 Å². The Morgan fingerprint density at radius 1 is 1.14 bits per heavy atom. The molecule has 0 atom stereocenters. The van der Waals surface area contributed by atoms with Crippen molar-refractivity contribution in [3.8, 4) is 0 Å². The van der Waals surface area contributed by atoms with Gasteiger partial charge in [0.2, 0.25) is 0 Å². The van der Waals surface area contributed by atoms with Crippen molar-refractivity contribution in [1.29, 1.82) is 0 Å². The Kier molecular flexibility index (Phi) is 8.64. The molecule has 1 N–H and O–H groups in total. The summed E-state index contributed by atoms with van der Waals surface area (Å²) in [6.07, 6.45) is 7.29. The van der Waals surface area contributed by atoms with E-state index >= 15 is 0 Å². The van der Waals surface area contributed by atoms with Gasteiger partial charge in [0.15, 0.2) is 0 Å². The smallest absolute Gasteiger partial charge is 0.0101 e. The van der Waals surface area contributed by atoms with Crippen LogP contribution in [-0.4, -0.2) is 38.6 Å². The number of halogens is 1. The zero-order chi connectivity index (χ0) is 9.52. The highest BCUT2D eigenvalue weighted by Gasteiger charge is 2.12. The van der Waals surface area contributed by atoms with Gasteiger partial charge < -0.3 is 10.2 Å². The fourth-order valence-corrected chi connectivity index (χ4v) is 2.00. The lowest BCUT2D eigenvalue weighted by Gasteiger charge is -2.22. The first kappa shape index (κ1) is 14.2. The Morgan fingerprint density at radius 2 is 1.79 bits per heavy atom. The van der Waals surface area contributed by atoms with Crippen LogP contribution in [0.25, 0.3) is 0 Å². The molecule has 0 unspecified atom stereocenters. The molecule has 14 heavy (non-hydrogen) atoms. The first-order valence-electron chi connectivity index (χ1n) is 5.64. The third-order valence-corrected chi connectivity index (χ3v) is 2.89. The number of rotatable bonds is 5. The van der Waals surface area contributed by atoms with Gasteiger partial charge in [-0.25, -0.2) is 0 Å². The van der Waals surface area contributed by atoms with Crippen LogP contribution in [-0.2, 0) is 0 Å². The second-order valence-corrected chi connectivity index (χ2v) is 4.51. The molecule has 0 heterocycles. The minimum Gasteiger partial charge on any atom is -0.315 e. The zero-order valence-corrected chi connectivity index (χ0v) is 10.4. The van der Waals surface area contributed by atoms with Crippen molar-refractivity contribution < 1.29 is 0 Å². The van der Waals surface area contributed by atoms with Gasteiger partial charge in [0, 0.05) is 13.1 Å². The molecule has 0 radical (unpaired) electrons. The molecule has 0 aromatic carbocycles. The normalized spacial score (nSPS) is 18.2. The molecule has 0 aromatic rings. The summed E-state index contributed by atoms with van der Waals surface area (Å²) < 4.78 is 0. The fraction of sp³-hybridized carbons (Fsp3) is 1.00. The molecule has 0 aliphatic heterocycles. The van der Waals surface area contributed by atoms with Crippen molar-refractivity contribution in [3.63, 3.8) is 0 Å². The van der Waals surface area contributed by atoms with Crippen molar-refractivity contribution >= 4 is 12.4 Å². The van der Waals surface area contributed by atoms with E-state index in [2.05, 4.69) is 24.3 Å². The van der Waals surface area contributed by atoms with Crippen LogP contribution in [0.4, 0.5) is 0 Å². The lowest BCUT2D eigenvalue weighted by Crippen LogP contribution is -2.31. The molecule has 2 nitrogen and oxygen atoms in total. The van der Waals surface area contributed by atoms with Crippen molar-refractivity contribution in [1.82, 2.24) is 10.2 Å². The Morgan fingerprint density at radius 3 is 2.36 bits per heavy atom. The third-order valence-electron chi connectivity index (χ3n) is 2.89. The van der Waals surface area contributed by atoms with Crippen LogP contribution in [0.5, 0.6) is 0 Å². The second kappa shape index (κ2) is 8.51. The fourth-order valence-electron chi connectivity index (χ4n) is 2.00. The van der Waals surface area contributed by atoms with Gasteiger partial charge in [-0.05, 0) is 39.4 Å². The number of likely N-dealkylation sites (N-methyl/N-ethyl adjacent to an activating group) is 1. The predicted octanol–water partition coefficient (Wildman–Crippen LogP) is 2.14. The Bertz CT molecular complexity index is 122. The predicted molar refractivity (Wildman–Crippen MR) is 65.2 cm³/mol. The lowest BCUT2D eigenvalue weighted by molar-refractivity contribution is 0.330. The van der Waals surface area contributed by atoms with Crippen molar-refractivity contribution in [3.05, 3.63) is 0 Å². The summed E-state index contributed by atoms with van der Waals surface area (Å²) in [5.74, 6) is 0.968. The maximum Gasteiger partial charge on any atom is 0.0101 e. The molecular formula is C11H25ClN2. The second-order valence-electron chi connectivity index (χ2n) is 4.51. The van der Waals surface area contributed by atoms with Crippen LogP contribution in [0, 0.1) is 5.92 Å². The van der Waals surface area contributed by atoms with E-state index in [1.54, 1.807) is 0 Å². The molecule has 3 heteroatoms. The zero-order valence-electron chi connectivity index (χ0n) is 9.59. The highest BCUT2D eigenvalue weighted by atomic mass is 35.5. The molecule has 1 aliphatic carbocycles. The molecule has 1 aliphatic rings. The molecule has 1 rings (SSSR count). The number of nitrogens with one attached hydrogen (secondary N) is 1. The molecule has 0 aromatic heterocycles. The van der Waals surface area contributed by atoms with Crippen molar-refractivity contribution in [2.75, 3.05) is 33.7 Å². The maximum atomic E-state index is 3.54.